The van der Waals surface area contributed by atoms with Gasteiger partial charge in [0.1, 0.15) is 0 Å². The fraction of sp³-hybridized carbons (Fsp3) is 0.909. The number of rotatable bonds is 6. The Kier molecular flexibility index (Phi) is 5.18. The molecule has 0 radical (unpaired) electrons. The van der Waals surface area contributed by atoms with Gasteiger partial charge in [-0.25, -0.2) is 0 Å². The van der Waals surface area contributed by atoms with Gasteiger partial charge >= 0.3 is 0 Å². The maximum absolute atomic E-state index is 11.1. The summed E-state index contributed by atoms with van der Waals surface area (Å²) in [5.74, 6) is -0.390. The second-order valence-corrected chi connectivity index (χ2v) is 4.31. The number of ether oxygens (including phenoxy) is 2. The van der Waals surface area contributed by atoms with E-state index in [1.165, 1.54) is 0 Å². The minimum absolute atomic E-state index is 0.0552. The van der Waals surface area contributed by atoms with Crippen LogP contribution in [0.1, 0.15) is 26.7 Å². The highest BCUT2D eigenvalue weighted by atomic mass is 16.7. The highest BCUT2D eigenvalue weighted by molar-refractivity contribution is 5.76. The molecular formula is C11H22N2O3. The van der Waals surface area contributed by atoms with E-state index in [1.807, 2.05) is 13.8 Å². The molecule has 0 aliphatic carbocycles. The quantitative estimate of drug-likeness (QED) is 0.687. The van der Waals surface area contributed by atoms with Crippen LogP contribution in [0.2, 0.25) is 0 Å². The minimum Gasteiger partial charge on any atom is -0.359 e. The van der Waals surface area contributed by atoms with Crippen molar-refractivity contribution in [3.63, 3.8) is 0 Å². The van der Waals surface area contributed by atoms with Gasteiger partial charge in [-0.2, -0.15) is 0 Å². The number of amides is 1. The van der Waals surface area contributed by atoms with Crippen LogP contribution in [-0.4, -0.2) is 44.5 Å². The molecule has 0 bridgehead atoms. The zero-order valence-electron chi connectivity index (χ0n) is 10.3. The number of hydrogen-bond donors (Lipinski definition) is 2. The predicted octanol–water partition coefficient (Wildman–Crippen LogP) is 0.254. The molecule has 0 aromatic rings. The van der Waals surface area contributed by atoms with Crippen molar-refractivity contribution in [3.8, 4) is 0 Å². The highest BCUT2D eigenvalue weighted by Crippen LogP contribution is 2.21. The summed E-state index contributed by atoms with van der Waals surface area (Å²) in [5.41, 5.74) is 0. The number of hydrogen-bond acceptors (Lipinski definition) is 4. The van der Waals surface area contributed by atoms with Crippen LogP contribution in [0.25, 0.3) is 0 Å². The van der Waals surface area contributed by atoms with E-state index >= 15 is 0 Å². The van der Waals surface area contributed by atoms with Crippen LogP contribution in [0.15, 0.2) is 0 Å². The van der Waals surface area contributed by atoms with Crippen LogP contribution in [0.3, 0.4) is 0 Å². The van der Waals surface area contributed by atoms with Crippen LogP contribution in [0, 0.1) is 0 Å². The van der Waals surface area contributed by atoms with E-state index in [0.29, 0.717) is 19.6 Å². The summed E-state index contributed by atoms with van der Waals surface area (Å²) in [7, 11) is 1.65. The molecule has 1 aliphatic heterocycles. The summed E-state index contributed by atoms with van der Waals surface area (Å²) < 4.78 is 11.0. The third-order valence-corrected chi connectivity index (χ3v) is 2.74. The van der Waals surface area contributed by atoms with E-state index in [2.05, 4.69) is 10.6 Å². The summed E-state index contributed by atoms with van der Waals surface area (Å²) in [5, 5.41) is 5.89. The van der Waals surface area contributed by atoms with Crippen molar-refractivity contribution >= 4 is 5.91 Å². The van der Waals surface area contributed by atoms with E-state index < -0.39 is 5.79 Å². The Morgan fingerprint density at radius 3 is 2.62 bits per heavy atom. The molecule has 1 rings (SSSR count). The zero-order chi connectivity index (χ0) is 12.0. The zero-order valence-corrected chi connectivity index (χ0v) is 10.3. The van der Waals surface area contributed by atoms with Gasteiger partial charge in [0.25, 0.3) is 0 Å². The van der Waals surface area contributed by atoms with Crippen molar-refractivity contribution < 1.29 is 14.3 Å². The van der Waals surface area contributed by atoms with Gasteiger partial charge in [-0.15, -0.1) is 0 Å². The van der Waals surface area contributed by atoms with Crippen molar-refractivity contribution in [1.82, 2.24) is 10.6 Å². The van der Waals surface area contributed by atoms with Crippen molar-refractivity contribution in [2.75, 3.05) is 26.8 Å². The molecule has 0 saturated carbocycles. The number of carbonyl (C=O) groups is 1. The van der Waals surface area contributed by atoms with E-state index in [4.69, 9.17) is 9.47 Å². The Morgan fingerprint density at radius 1 is 1.44 bits per heavy atom. The molecule has 5 nitrogen and oxygen atoms in total. The minimum atomic E-state index is -0.445. The molecule has 1 aliphatic rings. The SMILES string of the molecule is CNC(=O)CC(C)NCCC1(C)OCCO1. The largest absolute Gasteiger partial charge is 0.359 e. The van der Waals surface area contributed by atoms with Crippen molar-refractivity contribution in [3.05, 3.63) is 0 Å². The predicted molar refractivity (Wildman–Crippen MR) is 61.1 cm³/mol. The second-order valence-electron chi connectivity index (χ2n) is 4.31. The number of carbonyl (C=O) groups excluding carboxylic acids is 1. The molecule has 94 valence electrons. The third-order valence-electron chi connectivity index (χ3n) is 2.74. The van der Waals surface area contributed by atoms with Gasteiger partial charge in [0.05, 0.1) is 13.2 Å². The Labute approximate surface area is 96.9 Å². The van der Waals surface area contributed by atoms with Crippen LogP contribution < -0.4 is 10.6 Å². The van der Waals surface area contributed by atoms with Crippen molar-refractivity contribution in [2.24, 2.45) is 0 Å². The van der Waals surface area contributed by atoms with Crippen molar-refractivity contribution in [1.29, 1.82) is 0 Å². The summed E-state index contributed by atoms with van der Waals surface area (Å²) >= 11 is 0. The van der Waals surface area contributed by atoms with Gasteiger partial charge < -0.3 is 20.1 Å². The Hall–Kier alpha value is -0.650. The Bertz CT molecular complexity index is 227. The van der Waals surface area contributed by atoms with Gasteiger partial charge in [0.2, 0.25) is 5.91 Å². The van der Waals surface area contributed by atoms with Crippen LogP contribution in [0.5, 0.6) is 0 Å². The molecule has 2 N–H and O–H groups in total. The molecule has 1 heterocycles. The van der Waals surface area contributed by atoms with Crippen LogP contribution >= 0.6 is 0 Å². The molecule has 16 heavy (non-hydrogen) atoms. The van der Waals surface area contributed by atoms with Gasteiger partial charge in [0, 0.05) is 32.5 Å². The smallest absolute Gasteiger partial charge is 0.221 e. The average molecular weight is 230 g/mol. The van der Waals surface area contributed by atoms with Gasteiger partial charge in [0.15, 0.2) is 5.79 Å². The van der Waals surface area contributed by atoms with E-state index in [-0.39, 0.29) is 11.9 Å². The van der Waals surface area contributed by atoms with Crippen LogP contribution in [0.4, 0.5) is 0 Å². The summed E-state index contributed by atoms with van der Waals surface area (Å²) in [6, 6.07) is 0.171. The normalized spacial score (nSPS) is 20.7. The number of nitrogens with one attached hydrogen (secondary N) is 2. The Morgan fingerprint density at radius 2 is 2.06 bits per heavy atom. The van der Waals surface area contributed by atoms with Gasteiger partial charge in [-0.1, -0.05) is 0 Å². The van der Waals surface area contributed by atoms with Crippen LogP contribution in [-0.2, 0) is 14.3 Å². The monoisotopic (exact) mass is 230 g/mol. The molecule has 1 unspecified atom stereocenters. The molecule has 1 saturated heterocycles. The molecule has 0 aromatic heterocycles. The van der Waals surface area contributed by atoms with Crippen molar-refractivity contribution in [2.45, 2.75) is 38.5 Å². The Balaban J connectivity index is 2.12. The molecule has 5 heteroatoms. The van der Waals surface area contributed by atoms with Gasteiger partial charge in [-0.3, -0.25) is 4.79 Å². The van der Waals surface area contributed by atoms with Gasteiger partial charge in [-0.05, 0) is 13.8 Å². The molecule has 1 amide bonds. The standard InChI is InChI=1S/C11H22N2O3/c1-9(8-10(14)12-3)13-5-4-11(2)15-6-7-16-11/h9,13H,4-8H2,1-3H3,(H,12,14). The first-order chi connectivity index (χ1) is 7.56. The molecule has 1 fully saturated rings. The molecule has 0 aromatic carbocycles. The maximum atomic E-state index is 11.1. The fourth-order valence-corrected chi connectivity index (χ4v) is 1.70. The maximum Gasteiger partial charge on any atom is 0.221 e. The lowest BCUT2D eigenvalue weighted by atomic mass is 10.2. The van der Waals surface area contributed by atoms with E-state index in [0.717, 1.165) is 13.0 Å². The first-order valence-corrected chi connectivity index (χ1v) is 5.77. The lowest BCUT2D eigenvalue weighted by molar-refractivity contribution is -0.145. The molecule has 1 atom stereocenters. The molecule has 0 spiro atoms. The average Bonchev–Trinajstić information content (AvgIpc) is 2.65. The first kappa shape index (κ1) is 13.4. The third kappa shape index (κ3) is 4.47. The summed E-state index contributed by atoms with van der Waals surface area (Å²) in [4.78, 5) is 11.1. The molecular weight excluding hydrogens is 208 g/mol. The highest BCUT2D eigenvalue weighted by Gasteiger charge is 2.30. The summed E-state index contributed by atoms with van der Waals surface area (Å²) in [6.07, 6.45) is 1.29. The topological polar surface area (TPSA) is 59.6 Å². The lowest BCUT2D eigenvalue weighted by Gasteiger charge is -2.23. The van der Waals surface area contributed by atoms with E-state index in [9.17, 15) is 4.79 Å². The lowest BCUT2D eigenvalue weighted by Crippen LogP contribution is -2.37. The van der Waals surface area contributed by atoms with E-state index in [1.54, 1.807) is 7.05 Å². The second kappa shape index (κ2) is 6.18. The summed E-state index contributed by atoms with van der Waals surface area (Å²) in [6.45, 7) is 6.07. The first-order valence-electron chi connectivity index (χ1n) is 5.77. The fourth-order valence-electron chi connectivity index (χ4n) is 1.70.